The van der Waals surface area contributed by atoms with E-state index < -0.39 is 23.8 Å². The van der Waals surface area contributed by atoms with Crippen LogP contribution in [0.15, 0.2) is 120 Å². The first-order valence-corrected chi connectivity index (χ1v) is 43.7. The van der Waals surface area contributed by atoms with E-state index >= 15 is 0 Å². The van der Waals surface area contributed by atoms with Crippen molar-refractivity contribution in [1.82, 2.24) is 0 Å². The number of carbonyl (C=O) groups is 1. The minimum atomic E-state index is -2.84. The molecular weight excluding hydrogens is 1130 g/mol. The minimum Gasteiger partial charge on any atom is -0.410 e. The quantitative estimate of drug-likeness (QED) is 0.130. The molecule has 492 valence electrons. The van der Waals surface area contributed by atoms with Crippen LogP contribution in [-0.2, 0) is 18.2 Å². The Morgan fingerprint density at radius 2 is 0.989 bits per heavy atom. The van der Waals surface area contributed by atoms with Crippen LogP contribution in [0.2, 0.25) is 36.3 Å². The van der Waals surface area contributed by atoms with Crippen LogP contribution < -0.4 is 10.6 Å². The Labute approximate surface area is 542 Å². The summed E-state index contributed by atoms with van der Waals surface area (Å²) in [6, 6.07) is 19.9. The Bertz CT molecular complexity index is 2630. The van der Waals surface area contributed by atoms with E-state index in [9.17, 15) is 14.5 Å². The minimum absolute atomic E-state index is 0.0301. The van der Waals surface area contributed by atoms with Gasteiger partial charge in [0.1, 0.15) is 12.9 Å². The van der Waals surface area contributed by atoms with E-state index in [4.69, 9.17) is 8.85 Å². The molecule has 5 nitrogen and oxygen atoms in total. The average Bonchev–Trinajstić information content (AvgIpc) is 1.33. The summed E-state index contributed by atoms with van der Waals surface area (Å²) in [6.07, 6.45) is 31.0. The molecule has 2 aromatic carbocycles. The number of fused-ring (bicyclic) bond motifs is 3. The first-order valence-electron chi connectivity index (χ1n) is 35.9. The van der Waals surface area contributed by atoms with Crippen molar-refractivity contribution < 1.29 is 23.3 Å². The highest BCUT2D eigenvalue weighted by atomic mass is 31.2. The summed E-state index contributed by atoms with van der Waals surface area (Å²) < 4.78 is 28.7. The second-order valence-electron chi connectivity index (χ2n) is 33.6. The molecule has 8 saturated carbocycles. The first kappa shape index (κ1) is 72.8. The van der Waals surface area contributed by atoms with E-state index in [1.807, 2.05) is 60.7 Å². The summed E-state index contributed by atoms with van der Waals surface area (Å²) in [5.41, 5.74) is 7.23. The van der Waals surface area contributed by atoms with Gasteiger partial charge >= 0.3 is 0 Å². The van der Waals surface area contributed by atoms with E-state index in [1.165, 1.54) is 101 Å². The molecule has 10 rings (SSSR count). The number of aliphatic hydroxyl groups excluding tert-OH is 1. The van der Waals surface area contributed by atoms with Crippen molar-refractivity contribution in [2.24, 2.45) is 82.9 Å². The van der Waals surface area contributed by atoms with Crippen molar-refractivity contribution in [2.45, 2.75) is 274 Å². The maximum atomic E-state index is 14.7. The fraction of sp³-hybridized carbons (Fsp3) is 0.713. The molecule has 0 aromatic heterocycles. The molecule has 8 aliphatic carbocycles. The van der Waals surface area contributed by atoms with Crippen LogP contribution in [0, 0.1) is 82.9 Å². The smallest absolute Gasteiger partial charge is 0.192 e. The van der Waals surface area contributed by atoms with Crippen LogP contribution in [-0.4, -0.2) is 52.0 Å². The van der Waals surface area contributed by atoms with Gasteiger partial charge in [-0.05, 0) is 228 Å². The van der Waals surface area contributed by atoms with Crippen LogP contribution in [0.25, 0.3) is 0 Å². The topological polar surface area (TPSA) is 72.8 Å². The lowest BCUT2D eigenvalue weighted by Gasteiger charge is -2.46. The fourth-order valence-electron chi connectivity index (χ4n) is 17.2. The second-order valence-corrected chi connectivity index (χ2v) is 46.0. The largest absolute Gasteiger partial charge is 0.410 e. The molecule has 0 amide bonds. The monoisotopic (exact) mass is 1260 g/mol. The number of hydrogen-bond donors (Lipinski definition) is 1. The Morgan fingerprint density at radius 1 is 0.545 bits per heavy atom. The van der Waals surface area contributed by atoms with Gasteiger partial charge in [0.2, 0.25) is 0 Å². The molecule has 0 radical (unpaired) electrons. The maximum absolute atomic E-state index is 14.7. The van der Waals surface area contributed by atoms with Crippen LogP contribution in [0.5, 0.6) is 0 Å². The summed E-state index contributed by atoms with van der Waals surface area (Å²) in [4.78, 5) is 11.6. The number of ketones is 1. The van der Waals surface area contributed by atoms with E-state index in [0.717, 1.165) is 107 Å². The maximum Gasteiger partial charge on any atom is 0.192 e. The normalized spacial score (nSPS) is 31.7. The van der Waals surface area contributed by atoms with Crippen molar-refractivity contribution in [3.05, 3.63) is 120 Å². The fourth-order valence-corrected chi connectivity index (χ4v) is 22.4. The van der Waals surface area contributed by atoms with E-state index in [1.54, 1.807) is 11.1 Å². The zero-order chi connectivity index (χ0) is 64.7. The predicted molar refractivity (Wildman–Crippen MR) is 384 cm³/mol. The van der Waals surface area contributed by atoms with Gasteiger partial charge in [-0.15, -0.1) is 0 Å². The summed E-state index contributed by atoms with van der Waals surface area (Å²) >= 11 is 0. The van der Waals surface area contributed by atoms with Gasteiger partial charge < -0.3 is 18.5 Å². The number of aliphatic hydroxyl groups is 1. The van der Waals surface area contributed by atoms with Crippen LogP contribution in [0.4, 0.5) is 0 Å². The lowest BCUT2D eigenvalue weighted by molar-refractivity contribution is -0.126. The molecule has 1 N–H and O–H groups in total. The van der Waals surface area contributed by atoms with E-state index in [-0.39, 0.29) is 28.4 Å². The Kier molecular flexibility index (Phi) is 25.7. The summed E-state index contributed by atoms with van der Waals surface area (Å²) in [6.45, 7) is 50.6. The molecule has 0 bridgehead atoms. The summed E-state index contributed by atoms with van der Waals surface area (Å²) in [7, 11) is -6.92. The molecule has 14 atom stereocenters. The molecule has 0 saturated heterocycles. The molecule has 88 heavy (non-hydrogen) atoms. The molecule has 0 unspecified atom stereocenters. The lowest BCUT2D eigenvalue weighted by Crippen LogP contribution is -2.49. The Balaban J connectivity index is 0.000000187. The second kappa shape index (κ2) is 31.1. The third-order valence-corrected chi connectivity index (χ3v) is 36.7. The highest BCUT2D eigenvalue weighted by Crippen LogP contribution is 2.53. The van der Waals surface area contributed by atoms with Gasteiger partial charge in [0.05, 0.1) is 18.3 Å². The van der Waals surface area contributed by atoms with Gasteiger partial charge in [0, 0.05) is 29.1 Å². The number of carbonyl (C=O) groups excluding carboxylic acids is 1. The zero-order valence-corrected chi connectivity index (χ0v) is 62.3. The van der Waals surface area contributed by atoms with Crippen LogP contribution in [0.1, 0.15) is 219 Å². The number of rotatable bonds is 12. The summed E-state index contributed by atoms with van der Waals surface area (Å²) in [5.74, 6) is 11.7. The van der Waals surface area contributed by atoms with Gasteiger partial charge in [0.15, 0.2) is 16.6 Å². The Morgan fingerprint density at radius 3 is 1.48 bits per heavy atom. The average molecular weight is 1260 g/mol. The van der Waals surface area contributed by atoms with Crippen molar-refractivity contribution >= 4 is 40.2 Å². The molecule has 0 aliphatic heterocycles. The Hall–Kier alpha value is -2.65. The molecule has 8 heteroatoms. The number of benzene rings is 2. The molecule has 0 heterocycles. The van der Waals surface area contributed by atoms with Gasteiger partial charge in [0.25, 0.3) is 0 Å². The van der Waals surface area contributed by atoms with Gasteiger partial charge in [-0.25, -0.2) is 0 Å². The lowest BCUT2D eigenvalue weighted by atomic mass is 9.72. The number of Topliss-reactive ketones (excluding diaryl/α,β-unsaturated/α-hetero) is 1. The third kappa shape index (κ3) is 18.0. The van der Waals surface area contributed by atoms with E-state index in [0.29, 0.717) is 35.6 Å². The molecule has 2 aromatic rings. The van der Waals surface area contributed by atoms with Crippen molar-refractivity contribution in [3.8, 4) is 0 Å². The zero-order valence-electron chi connectivity index (χ0n) is 59.4. The van der Waals surface area contributed by atoms with Crippen molar-refractivity contribution in [2.75, 3.05) is 6.16 Å². The number of hydrogen-bond acceptors (Lipinski definition) is 5. The predicted octanol–water partition coefficient (Wildman–Crippen LogP) is 21.9. The molecular formula is C80H129O5PSi2. The highest BCUT2D eigenvalue weighted by molar-refractivity contribution is 7.78. The molecule has 8 aliphatic rings. The number of allylic oxidation sites excluding steroid dienone is 6. The third-order valence-electron chi connectivity index (χ3n) is 24.8. The van der Waals surface area contributed by atoms with Crippen molar-refractivity contribution in [3.63, 3.8) is 0 Å². The van der Waals surface area contributed by atoms with Crippen molar-refractivity contribution in [1.29, 1.82) is 0 Å². The van der Waals surface area contributed by atoms with Gasteiger partial charge in [-0.3, -0.25) is 4.79 Å². The van der Waals surface area contributed by atoms with E-state index in [2.05, 4.69) is 155 Å². The standard InChI is InChI=1S/C33H51O3PSi2.C23H36.C12H22O.C12H20O/c1-26-30(35-38(8,9)32(2,3)4)24-27(25-31(26)36-39(10,11)33(5,6)7)22-23-37(34,28-18-14-12-15-19-28)29-20-16-13-17-21-29;1-15(2)21-11-12-22-20(7-6-8-23(21)22)10-9-19-13-16(3)18(5)17(4)14-19;2*1-8(2)9-6-7-11-10(9)4-3-5-12(11)13/h12-22,30-31H,1,23-25H2,2-11H3;9-10,15-17,21-23H,5-8,11-14H2,1-4H3;8-13H,3-7H2,1-2H3;8-11H,3-7H2,1-2H3/b;20-10+;;/t30-,31-;16-,17-,21-,22+,23-;9-,10-,11-,12+;9-,10-,11-/m1111/s1. The summed E-state index contributed by atoms with van der Waals surface area (Å²) in [5, 5.41) is 11.9. The van der Waals surface area contributed by atoms with Crippen LogP contribution >= 0.6 is 7.14 Å². The SMILES string of the molecule is C=C1[C@H](C)CC(=C/C=C2\CCC[C@@H]3[C@@H](C(C)C)CC[C@@H]23)C[C@H]1C.C=C1[C@H](O[Si](C)(C)C(C)(C)C)CC(=CCP(=O)(c2ccccc2)c2ccccc2)C[C@H]1O[Si](C)(C)C(C)(C)C.CC(C)[C@H]1CC[C@@H]2[C@@H]1CCC[C@@H]2O.CC(C)[C@H]1CC[C@H]2C(=O)CCC[C@H]12. The van der Waals surface area contributed by atoms with Gasteiger partial charge in [-0.2, -0.15) is 0 Å². The molecule has 0 spiro atoms. The highest BCUT2D eigenvalue weighted by Gasteiger charge is 2.47. The first-order chi connectivity index (χ1) is 41.2. The molecule has 8 fully saturated rings. The van der Waals surface area contributed by atoms with Gasteiger partial charge in [-0.1, -0.05) is 218 Å². The van der Waals surface area contributed by atoms with Crippen LogP contribution in [0.3, 0.4) is 0 Å².